The first kappa shape index (κ1) is 13.3. The van der Waals surface area contributed by atoms with E-state index in [2.05, 4.69) is 15.2 Å². The van der Waals surface area contributed by atoms with E-state index in [4.69, 9.17) is 16.3 Å². The molecule has 2 heterocycles. The summed E-state index contributed by atoms with van der Waals surface area (Å²) < 4.78 is 5.43. The highest BCUT2D eigenvalue weighted by molar-refractivity contribution is 8.01. The predicted octanol–water partition coefficient (Wildman–Crippen LogP) is 2.91. The molecular formula is C10H8ClN3O2S2. The summed E-state index contributed by atoms with van der Waals surface area (Å²) in [6.07, 6.45) is 1.64. The van der Waals surface area contributed by atoms with E-state index in [1.165, 1.54) is 11.8 Å². The van der Waals surface area contributed by atoms with Gasteiger partial charge in [0.05, 0.1) is 11.6 Å². The Labute approximate surface area is 117 Å². The van der Waals surface area contributed by atoms with Crippen molar-refractivity contribution in [3.8, 4) is 0 Å². The number of aromatic nitrogens is 3. The molecule has 0 unspecified atom stereocenters. The Morgan fingerprint density at radius 1 is 1.56 bits per heavy atom. The van der Waals surface area contributed by atoms with Gasteiger partial charge in [-0.1, -0.05) is 22.9 Å². The molecule has 5 nitrogen and oxygen atoms in total. The van der Waals surface area contributed by atoms with Gasteiger partial charge in [0, 0.05) is 6.20 Å². The van der Waals surface area contributed by atoms with Crippen molar-refractivity contribution in [3.05, 3.63) is 28.4 Å². The molecule has 2 aromatic heterocycles. The van der Waals surface area contributed by atoms with Crippen LogP contribution in [0.5, 0.6) is 0 Å². The monoisotopic (exact) mass is 301 g/mol. The standard InChI is InChI=1S/C10H8ClN3O2S2/c1-2-16-9(15)8-13-14-10(18-8)17-7-6(11)4-3-5-12-7/h3-5H,2H2,1H3. The summed E-state index contributed by atoms with van der Waals surface area (Å²) in [6, 6.07) is 3.49. The van der Waals surface area contributed by atoms with E-state index in [0.717, 1.165) is 11.3 Å². The van der Waals surface area contributed by atoms with Gasteiger partial charge in [-0.15, -0.1) is 10.2 Å². The zero-order chi connectivity index (χ0) is 13.0. The first-order chi connectivity index (χ1) is 8.70. The lowest BCUT2D eigenvalue weighted by Crippen LogP contribution is -2.03. The van der Waals surface area contributed by atoms with Crippen molar-refractivity contribution in [1.29, 1.82) is 0 Å². The quantitative estimate of drug-likeness (QED) is 0.809. The fourth-order valence-electron chi connectivity index (χ4n) is 1.06. The van der Waals surface area contributed by atoms with Gasteiger partial charge in [-0.05, 0) is 30.8 Å². The molecule has 8 heteroatoms. The summed E-state index contributed by atoms with van der Waals surface area (Å²) in [7, 11) is 0. The third-order valence-corrected chi connectivity index (χ3v) is 4.16. The fraction of sp³-hybridized carbons (Fsp3) is 0.200. The van der Waals surface area contributed by atoms with E-state index in [0.29, 0.717) is 21.0 Å². The van der Waals surface area contributed by atoms with Gasteiger partial charge in [-0.3, -0.25) is 0 Å². The SMILES string of the molecule is CCOC(=O)c1nnc(Sc2ncccc2Cl)s1. The number of rotatable bonds is 4. The van der Waals surface area contributed by atoms with Crippen LogP contribution in [0.3, 0.4) is 0 Å². The number of hydrogen-bond donors (Lipinski definition) is 0. The molecule has 18 heavy (non-hydrogen) atoms. The van der Waals surface area contributed by atoms with Crippen LogP contribution < -0.4 is 0 Å². The smallest absolute Gasteiger partial charge is 0.369 e. The number of hydrogen-bond acceptors (Lipinski definition) is 7. The highest BCUT2D eigenvalue weighted by Crippen LogP contribution is 2.32. The van der Waals surface area contributed by atoms with Gasteiger partial charge in [0.15, 0.2) is 4.34 Å². The molecule has 0 saturated heterocycles. The van der Waals surface area contributed by atoms with Gasteiger partial charge in [0.25, 0.3) is 0 Å². The van der Waals surface area contributed by atoms with Crippen molar-refractivity contribution in [3.63, 3.8) is 0 Å². The molecule has 2 rings (SSSR count). The Morgan fingerprint density at radius 3 is 3.11 bits per heavy atom. The van der Waals surface area contributed by atoms with Crippen LogP contribution in [0, 0.1) is 0 Å². The van der Waals surface area contributed by atoms with Crippen molar-refractivity contribution in [2.75, 3.05) is 6.61 Å². The van der Waals surface area contributed by atoms with Gasteiger partial charge in [0.1, 0.15) is 5.03 Å². The van der Waals surface area contributed by atoms with Gasteiger partial charge >= 0.3 is 5.97 Å². The lowest BCUT2D eigenvalue weighted by atomic mass is 10.5. The molecule has 0 aliphatic heterocycles. The predicted molar refractivity (Wildman–Crippen MR) is 69.2 cm³/mol. The van der Waals surface area contributed by atoms with Gasteiger partial charge < -0.3 is 4.74 Å². The minimum absolute atomic E-state index is 0.228. The summed E-state index contributed by atoms with van der Waals surface area (Å²) in [4.78, 5) is 15.5. The number of carbonyl (C=O) groups is 1. The average molecular weight is 302 g/mol. The van der Waals surface area contributed by atoms with Crippen molar-refractivity contribution in [1.82, 2.24) is 15.2 Å². The molecule has 2 aromatic rings. The summed E-state index contributed by atoms with van der Waals surface area (Å²) in [5, 5.41) is 9.05. The second-order valence-electron chi connectivity index (χ2n) is 2.99. The van der Waals surface area contributed by atoms with Crippen LogP contribution in [0.4, 0.5) is 0 Å². The number of pyridine rings is 1. The van der Waals surface area contributed by atoms with Crippen molar-refractivity contribution < 1.29 is 9.53 Å². The second kappa shape index (κ2) is 6.12. The van der Waals surface area contributed by atoms with Gasteiger partial charge in [-0.25, -0.2) is 9.78 Å². The van der Waals surface area contributed by atoms with Crippen LogP contribution in [0.1, 0.15) is 16.7 Å². The van der Waals surface area contributed by atoms with Crippen molar-refractivity contribution in [2.45, 2.75) is 16.3 Å². The van der Waals surface area contributed by atoms with E-state index in [-0.39, 0.29) is 5.01 Å². The average Bonchev–Trinajstić information content (AvgIpc) is 2.81. The maximum absolute atomic E-state index is 11.4. The van der Waals surface area contributed by atoms with Crippen LogP contribution in [0.25, 0.3) is 0 Å². The molecule has 0 spiro atoms. The minimum atomic E-state index is -0.464. The lowest BCUT2D eigenvalue weighted by molar-refractivity contribution is 0.0525. The highest BCUT2D eigenvalue weighted by atomic mass is 35.5. The molecule has 94 valence electrons. The Morgan fingerprint density at radius 2 is 2.39 bits per heavy atom. The molecule has 0 saturated carbocycles. The molecule has 0 amide bonds. The summed E-state index contributed by atoms with van der Waals surface area (Å²) in [5.41, 5.74) is 0. The van der Waals surface area contributed by atoms with Crippen molar-refractivity contribution >= 4 is 40.7 Å². The van der Waals surface area contributed by atoms with Crippen LogP contribution in [-0.2, 0) is 4.74 Å². The number of esters is 1. The molecule has 0 aromatic carbocycles. The fourth-order valence-corrected chi connectivity index (χ4v) is 2.93. The van der Waals surface area contributed by atoms with Crippen LogP contribution >= 0.6 is 34.7 Å². The van der Waals surface area contributed by atoms with E-state index in [1.807, 2.05) is 0 Å². The van der Waals surface area contributed by atoms with Crippen LogP contribution in [0.15, 0.2) is 27.7 Å². The van der Waals surface area contributed by atoms with E-state index in [1.54, 1.807) is 25.3 Å². The third kappa shape index (κ3) is 3.18. The lowest BCUT2D eigenvalue weighted by Gasteiger charge is -1.97. The normalized spacial score (nSPS) is 10.3. The number of nitrogens with zero attached hydrogens (tertiary/aromatic N) is 3. The number of carbonyl (C=O) groups excluding carboxylic acids is 1. The first-order valence-electron chi connectivity index (χ1n) is 4.99. The summed E-state index contributed by atoms with van der Waals surface area (Å²) in [5.74, 6) is -0.464. The van der Waals surface area contributed by atoms with Crippen molar-refractivity contribution in [2.24, 2.45) is 0 Å². The van der Waals surface area contributed by atoms with E-state index >= 15 is 0 Å². The van der Waals surface area contributed by atoms with Gasteiger partial charge in [-0.2, -0.15) is 0 Å². The van der Waals surface area contributed by atoms with E-state index < -0.39 is 5.97 Å². The molecule has 0 N–H and O–H groups in total. The molecule has 0 atom stereocenters. The zero-order valence-electron chi connectivity index (χ0n) is 9.29. The largest absolute Gasteiger partial charge is 0.461 e. The number of ether oxygens (including phenoxy) is 1. The van der Waals surface area contributed by atoms with Crippen LogP contribution in [-0.4, -0.2) is 27.8 Å². The Bertz CT molecular complexity index is 562. The molecule has 0 fully saturated rings. The molecule has 0 bridgehead atoms. The molecule has 0 radical (unpaired) electrons. The highest BCUT2D eigenvalue weighted by Gasteiger charge is 2.15. The first-order valence-corrected chi connectivity index (χ1v) is 7.00. The summed E-state index contributed by atoms with van der Waals surface area (Å²) >= 11 is 8.39. The maximum atomic E-state index is 11.4. The minimum Gasteiger partial charge on any atom is -0.461 e. The second-order valence-corrected chi connectivity index (χ2v) is 5.61. The maximum Gasteiger partial charge on any atom is 0.369 e. The van der Waals surface area contributed by atoms with E-state index in [9.17, 15) is 4.79 Å². The molecular weight excluding hydrogens is 294 g/mol. The summed E-state index contributed by atoms with van der Waals surface area (Å²) in [6.45, 7) is 2.05. The van der Waals surface area contributed by atoms with Crippen LogP contribution in [0.2, 0.25) is 5.02 Å². The number of halogens is 1. The molecule has 0 aliphatic carbocycles. The zero-order valence-corrected chi connectivity index (χ0v) is 11.7. The Balaban J connectivity index is 2.12. The molecule has 0 aliphatic rings. The Hall–Kier alpha value is -1.18. The third-order valence-electron chi connectivity index (χ3n) is 1.77. The Kier molecular flexibility index (Phi) is 4.51. The van der Waals surface area contributed by atoms with Gasteiger partial charge in [0.2, 0.25) is 5.01 Å². The topological polar surface area (TPSA) is 65.0 Å².